The van der Waals surface area contributed by atoms with E-state index in [0.717, 1.165) is 36.0 Å². The maximum Gasteiger partial charge on any atom is 0.320 e. The Labute approximate surface area is 118 Å². The highest BCUT2D eigenvalue weighted by atomic mass is 16.5. The molecule has 0 bridgehead atoms. The van der Waals surface area contributed by atoms with Crippen molar-refractivity contribution in [2.45, 2.75) is 19.3 Å². The first kappa shape index (κ1) is 14.3. The molecule has 0 amide bonds. The number of carbonyl (C=O) groups excluding carboxylic acids is 2. The molecular formula is C17H18O3. The molecule has 0 aliphatic heterocycles. The Hall–Kier alpha value is -2.16. The zero-order valence-corrected chi connectivity index (χ0v) is 11.5. The number of benzene rings is 1. The van der Waals surface area contributed by atoms with Gasteiger partial charge in [-0.3, -0.25) is 4.79 Å². The molecule has 0 aromatic heterocycles. The standard InChI is InChI=1S/C17H18O3/c1-20-17(19)16(12-18)15-9-5-8-14(15)11-10-13-6-3-2-4-7-13/h2-4,6-7,10-12,16H,5,8-9H2,1H3. The zero-order chi connectivity index (χ0) is 14.4. The smallest absolute Gasteiger partial charge is 0.320 e. The number of hydrogen-bond donors (Lipinski definition) is 0. The van der Waals surface area contributed by atoms with Crippen LogP contribution >= 0.6 is 0 Å². The van der Waals surface area contributed by atoms with Crippen LogP contribution < -0.4 is 0 Å². The SMILES string of the molecule is COC(=O)C(C=O)C1=C(C=Cc2ccccc2)CCC1. The summed E-state index contributed by atoms with van der Waals surface area (Å²) in [5, 5.41) is 0. The molecule has 0 saturated heterocycles. The highest BCUT2D eigenvalue weighted by molar-refractivity contribution is 5.91. The van der Waals surface area contributed by atoms with Crippen molar-refractivity contribution in [3.05, 3.63) is 53.1 Å². The third-order valence-corrected chi connectivity index (χ3v) is 3.55. The van der Waals surface area contributed by atoms with Gasteiger partial charge in [0.05, 0.1) is 7.11 Å². The summed E-state index contributed by atoms with van der Waals surface area (Å²) >= 11 is 0. The van der Waals surface area contributed by atoms with Gasteiger partial charge in [-0.15, -0.1) is 0 Å². The van der Waals surface area contributed by atoms with Gasteiger partial charge in [-0.05, 0) is 36.0 Å². The Morgan fingerprint density at radius 1 is 1.20 bits per heavy atom. The Morgan fingerprint density at radius 3 is 2.60 bits per heavy atom. The molecule has 0 radical (unpaired) electrons. The number of aldehydes is 1. The summed E-state index contributed by atoms with van der Waals surface area (Å²) in [7, 11) is 1.31. The number of ether oxygens (including phenoxy) is 1. The molecule has 104 valence electrons. The lowest BCUT2D eigenvalue weighted by Crippen LogP contribution is -2.19. The fourth-order valence-corrected chi connectivity index (χ4v) is 2.50. The van der Waals surface area contributed by atoms with Crippen LogP contribution in [0.2, 0.25) is 0 Å². The van der Waals surface area contributed by atoms with Gasteiger partial charge in [0.1, 0.15) is 12.2 Å². The molecule has 20 heavy (non-hydrogen) atoms. The van der Waals surface area contributed by atoms with Crippen molar-refractivity contribution in [2.24, 2.45) is 5.92 Å². The van der Waals surface area contributed by atoms with Gasteiger partial charge in [-0.25, -0.2) is 0 Å². The van der Waals surface area contributed by atoms with Crippen molar-refractivity contribution in [3.63, 3.8) is 0 Å². The van der Waals surface area contributed by atoms with Gasteiger partial charge in [-0.2, -0.15) is 0 Å². The van der Waals surface area contributed by atoms with Crippen LogP contribution in [0.3, 0.4) is 0 Å². The molecule has 1 aliphatic rings. The van der Waals surface area contributed by atoms with Crippen molar-refractivity contribution in [1.29, 1.82) is 0 Å². The predicted molar refractivity (Wildman–Crippen MR) is 77.9 cm³/mol. The van der Waals surface area contributed by atoms with Gasteiger partial charge in [-0.1, -0.05) is 42.5 Å². The maximum atomic E-state index is 11.6. The summed E-state index contributed by atoms with van der Waals surface area (Å²) < 4.78 is 4.70. The Bertz CT molecular complexity index is 541. The van der Waals surface area contributed by atoms with Crippen molar-refractivity contribution >= 4 is 18.3 Å². The fraction of sp³-hybridized carbons (Fsp3) is 0.294. The van der Waals surface area contributed by atoms with E-state index in [0.29, 0.717) is 6.29 Å². The van der Waals surface area contributed by atoms with Crippen molar-refractivity contribution in [2.75, 3.05) is 7.11 Å². The van der Waals surface area contributed by atoms with E-state index in [1.807, 2.05) is 42.5 Å². The molecule has 0 spiro atoms. The minimum absolute atomic E-state index is 0.470. The van der Waals surface area contributed by atoms with E-state index >= 15 is 0 Å². The number of hydrogen-bond acceptors (Lipinski definition) is 3. The minimum Gasteiger partial charge on any atom is -0.468 e. The van der Waals surface area contributed by atoms with E-state index < -0.39 is 11.9 Å². The molecule has 0 heterocycles. The van der Waals surface area contributed by atoms with Crippen LogP contribution in [-0.4, -0.2) is 19.4 Å². The topological polar surface area (TPSA) is 43.4 Å². The maximum absolute atomic E-state index is 11.6. The molecule has 3 heteroatoms. The molecule has 1 aromatic carbocycles. The molecule has 0 fully saturated rings. The van der Waals surface area contributed by atoms with Crippen molar-refractivity contribution in [3.8, 4) is 0 Å². The summed E-state index contributed by atoms with van der Waals surface area (Å²) in [6, 6.07) is 9.96. The Kier molecular flexibility index (Phi) is 4.88. The number of allylic oxidation sites excluding steroid dienone is 2. The van der Waals surface area contributed by atoms with Gasteiger partial charge >= 0.3 is 5.97 Å². The second-order valence-corrected chi connectivity index (χ2v) is 4.78. The lowest BCUT2D eigenvalue weighted by Gasteiger charge is -2.10. The number of carbonyl (C=O) groups is 2. The lowest BCUT2D eigenvalue weighted by molar-refractivity contribution is -0.145. The molecule has 3 nitrogen and oxygen atoms in total. The number of rotatable bonds is 5. The molecule has 0 N–H and O–H groups in total. The van der Waals surface area contributed by atoms with E-state index in [9.17, 15) is 9.59 Å². The largest absolute Gasteiger partial charge is 0.468 e. The first-order valence-electron chi connectivity index (χ1n) is 6.74. The van der Waals surface area contributed by atoms with Gasteiger partial charge in [0.25, 0.3) is 0 Å². The predicted octanol–water partition coefficient (Wildman–Crippen LogP) is 3.17. The normalized spacial score (nSPS) is 16.4. The average molecular weight is 270 g/mol. The molecule has 0 saturated carbocycles. The van der Waals surface area contributed by atoms with Crippen molar-refractivity contribution < 1.29 is 14.3 Å². The molecule has 1 aromatic rings. The van der Waals surface area contributed by atoms with Crippen molar-refractivity contribution in [1.82, 2.24) is 0 Å². The summed E-state index contributed by atoms with van der Waals surface area (Å²) in [5.74, 6) is -1.22. The van der Waals surface area contributed by atoms with E-state index in [-0.39, 0.29) is 0 Å². The monoisotopic (exact) mass is 270 g/mol. The summed E-state index contributed by atoms with van der Waals surface area (Å²) in [4.78, 5) is 22.8. The van der Waals surface area contributed by atoms with Crippen LogP contribution in [0.15, 0.2) is 47.6 Å². The molecule has 1 aliphatic carbocycles. The van der Waals surface area contributed by atoms with Crippen LogP contribution in [0.25, 0.3) is 6.08 Å². The van der Waals surface area contributed by atoms with Gasteiger partial charge in [0, 0.05) is 0 Å². The Balaban J connectivity index is 2.23. The minimum atomic E-state index is -0.752. The number of esters is 1. The second kappa shape index (κ2) is 6.85. The highest BCUT2D eigenvalue weighted by Gasteiger charge is 2.27. The third kappa shape index (κ3) is 3.23. The van der Waals surface area contributed by atoms with E-state index in [1.54, 1.807) is 0 Å². The molecular weight excluding hydrogens is 252 g/mol. The highest BCUT2D eigenvalue weighted by Crippen LogP contribution is 2.32. The van der Waals surface area contributed by atoms with Crippen LogP contribution in [-0.2, 0) is 14.3 Å². The lowest BCUT2D eigenvalue weighted by atomic mass is 9.96. The van der Waals surface area contributed by atoms with E-state index in [1.165, 1.54) is 7.11 Å². The van der Waals surface area contributed by atoms with Crippen LogP contribution in [0.1, 0.15) is 24.8 Å². The summed E-state index contributed by atoms with van der Waals surface area (Å²) in [6.45, 7) is 0. The van der Waals surface area contributed by atoms with Gasteiger partial charge < -0.3 is 9.53 Å². The molecule has 2 rings (SSSR count). The quantitative estimate of drug-likeness (QED) is 0.469. The van der Waals surface area contributed by atoms with Crippen LogP contribution in [0, 0.1) is 5.92 Å². The number of methoxy groups -OCH3 is 1. The first-order chi connectivity index (χ1) is 9.76. The second-order valence-electron chi connectivity index (χ2n) is 4.78. The van der Waals surface area contributed by atoms with E-state index in [4.69, 9.17) is 4.74 Å². The summed E-state index contributed by atoms with van der Waals surface area (Å²) in [6.07, 6.45) is 7.37. The van der Waals surface area contributed by atoms with Crippen LogP contribution in [0.4, 0.5) is 0 Å². The van der Waals surface area contributed by atoms with Gasteiger partial charge in [0.2, 0.25) is 0 Å². The fourth-order valence-electron chi connectivity index (χ4n) is 2.50. The van der Waals surface area contributed by atoms with E-state index in [2.05, 4.69) is 0 Å². The summed E-state index contributed by atoms with van der Waals surface area (Å²) in [5.41, 5.74) is 3.09. The van der Waals surface area contributed by atoms with Gasteiger partial charge in [0.15, 0.2) is 0 Å². The average Bonchev–Trinajstić information content (AvgIpc) is 2.95. The molecule has 1 unspecified atom stereocenters. The molecule has 1 atom stereocenters. The van der Waals surface area contributed by atoms with Crippen LogP contribution in [0.5, 0.6) is 0 Å². The third-order valence-electron chi connectivity index (χ3n) is 3.55. The Morgan fingerprint density at radius 2 is 1.95 bits per heavy atom. The zero-order valence-electron chi connectivity index (χ0n) is 11.5. The first-order valence-corrected chi connectivity index (χ1v) is 6.74.